The molecule has 0 N–H and O–H groups in total. The Labute approximate surface area is 109 Å². The van der Waals surface area contributed by atoms with Gasteiger partial charge < -0.3 is 4.43 Å². The van der Waals surface area contributed by atoms with E-state index in [0.717, 1.165) is 5.54 Å². The maximum absolute atomic E-state index is 6.22. The lowest BCUT2D eigenvalue weighted by atomic mass is 10.0. The molecule has 1 aliphatic rings. The van der Waals surface area contributed by atoms with Crippen molar-refractivity contribution >= 4 is 8.32 Å². The van der Waals surface area contributed by atoms with Gasteiger partial charge in [-0.15, -0.1) is 0 Å². The first kappa shape index (κ1) is 15.2. The molecule has 17 heavy (non-hydrogen) atoms. The van der Waals surface area contributed by atoms with Gasteiger partial charge in [0, 0.05) is 7.11 Å². The molecule has 0 aliphatic heterocycles. The zero-order valence-corrected chi connectivity index (χ0v) is 13.3. The number of rotatable bonds is 8. The highest BCUT2D eigenvalue weighted by molar-refractivity contribution is 6.75. The first-order valence-electron chi connectivity index (χ1n) is 7.84. The molecule has 0 spiro atoms. The fraction of sp³-hybridized carbons (Fsp3) is 1.00. The Balaban J connectivity index is 2.64. The second-order valence-corrected chi connectivity index (χ2v) is 10.2. The van der Waals surface area contributed by atoms with Crippen molar-refractivity contribution in [2.24, 2.45) is 0 Å². The van der Waals surface area contributed by atoms with Gasteiger partial charge in [0.05, 0.1) is 0 Å². The van der Waals surface area contributed by atoms with Crippen molar-refractivity contribution in [1.29, 1.82) is 0 Å². The highest BCUT2D eigenvalue weighted by atomic mass is 28.4. The Morgan fingerprint density at radius 1 is 0.941 bits per heavy atom. The van der Waals surface area contributed by atoms with Crippen LogP contribution in [0.25, 0.3) is 0 Å². The van der Waals surface area contributed by atoms with Crippen molar-refractivity contribution in [1.82, 2.24) is 0 Å². The first-order chi connectivity index (χ1) is 8.29. The minimum Gasteiger partial charge on any atom is -0.420 e. The van der Waals surface area contributed by atoms with Crippen LogP contribution in [0.3, 0.4) is 0 Å². The average molecular weight is 257 g/mol. The third-order valence-corrected chi connectivity index (χ3v) is 9.94. The summed E-state index contributed by atoms with van der Waals surface area (Å²) in [6, 6.07) is 2.84. The molecule has 0 bridgehead atoms. The third kappa shape index (κ3) is 4.40. The van der Waals surface area contributed by atoms with Crippen LogP contribution in [0, 0.1) is 0 Å². The Morgan fingerprint density at radius 3 is 1.88 bits per heavy atom. The van der Waals surface area contributed by atoms with Crippen LogP contribution < -0.4 is 0 Å². The van der Waals surface area contributed by atoms with Crippen molar-refractivity contribution in [3.8, 4) is 0 Å². The molecule has 0 aromatic carbocycles. The largest absolute Gasteiger partial charge is 0.420 e. The summed E-state index contributed by atoms with van der Waals surface area (Å²) in [6.07, 6.45) is 12.8. The smallest absolute Gasteiger partial charge is 0.195 e. The van der Waals surface area contributed by atoms with E-state index in [9.17, 15) is 0 Å². The second-order valence-electron chi connectivity index (χ2n) is 5.81. The summed E-state index contributed by atoms with van der Waals surface area (Å²) >= 11 is 0. The van der Waals surface area contributed by atoms with Crippen molar-refractivity contribution in [2.45, 2.75) is 89.3 Å². The molecule has 2 heteroatoms. The summed E-state index contributed by atoms with van der Waals surface area (Å²) in [5.74, 6) is 0. The quantitative estimate of drug-likeness (QED) is 0.520. The number of hydrogen-bond donors (Lipinski definition) is 0. The zero-order chi connectivity index (χ0) is 12.6. The van der Waals surface area contributed by atoms with Crippen molar-refractivity contribution in [3.05, 3.63) is 0 Å². The fourth-order valence-electron chi connectivity index (χ4n) is 3.48. The molecule has 1 rings (SSSR count). The van der Waals surface area contributed by atoms with Gasteiger partial charge >= 0.3 is 0 Å². The van der Waals surface area contributed by atoms with Gasteiger partial charge in [-0.2, -0.15) is 0 Å². The molecule has 0 aromatic rings. The molecule has 0 aromatic heterocycles. The van der Waals surface area contributed by atoms with Crippen LogP contribution in [0.4, 0.5) is 0 Å². The minimum absolute atomic E-state index is 0.972. The van der Waals surface area contributed by atoms with Gasteiger partial charge in [0.2, 0.25) is 0 Å². The van der Waals surface area contributed by atoms with E-state index >= 15 is 0 Å². The van der Waals surface area contributed by atoms with E-state index in [-0.39, 0.29) is 0 Å². The maximum atomic E-state index is 6.22. The normalized spacial score (nSPS) is 18.5. The molecule has 0 unspecified atom stereocenters. The summed E-state index contributed by atoms with van der Waals surface area (Å²) in [5, 5.41) is 0. The van der Waals surface area contributed by atoms with E-state index in [1.165, 1.54) is 69.9 Å². The summed E-state index contributed by atoms with van der Waals surface area (Å²) in [5.41, 5.74) is 0.972. The molecule has 1 nitrogen and oxygen atoms in total. The van der Waals surface area contributed by atoms with Crippen molar-refractivity contribution in [2.75, 3.05) is 7.11 Å². The second kappa shape index (κ2) is 8.31. The monoisotopic (exact) mass is 256 g/mol. The van der Waals surface area contributed by atoms with Gasteiger partial charge in [0.1, 0.15) is 0 Å². The van der Waals surface area contributed by atoms with Gasteiger partial charge in [0.15, 0.2) is 8.32 Å². The van der Waals surface area contributed by atoms with E-state index in [1.807, 2.05) is 7.11 Å². The molecule has 0 amide bonds. The van der Waals surface area contributed by atoms with E-state index in [4.69, 9.17) is 4.43 Å². The van der Waals surface area contributed by atoms with E-state index in [2.05, 4.69) is 13.8 Å². The Morgan fingerprint density at radius 2 is 1.47 bits per heavy atom. The SMILES string of the molecule is CCCC[Si](CCCC)(OC)C1CCCCC1. The predicted molar refractivity (Wildman–Crippen MR) is 79.0 cm³/mol. The standard InChI is InChI=1S/C15H32OSi/c1-4-6-13-17(16-3,14-7-5-2)15-11-9-8-10-12-15/h15H,4-14H2,1-3H3. The molecular weight excluding hydrogens is 224 g/mol. The molecule has 1 saturated carbocycles. The summed E-state index contributed by atoms with van der Waals surface area (Å²) in [4.78, 5) is 0. The molecule has 0 heterocycles. The molecule has 0 saturated heterocycles. The van der Waals surface area contributed by atoms with Crippen molar-refractivity contribution < 1.29 is 4.43 Å². The maximum Gasteiger partial charge on any atom is 0.195 e. The lowest BCUT2D eigenvalue weighted by Crippen LogP contribution is -2.43. The number of hydrogen-bond acceptors (Lipinski definition) is 1. The van der Waals surface area contributed by atoms with E-state index in [1.54, 1.807) is 0 Å². The van der Waals surface area contributed by atoms with Gasteiger partial charge in [-0.05, 0) is 17.6 Å². The predicted octanol–water partition coefficient (Wildman–Crippen LogP) is 5.51. The van der Waals surface area contributed by atoms with Crippen LogP contribution >= 0.6 is 0 Å². The van der Waals surface area contributed by atoms with Crippen LogP contribution in [0.15, 0.2) is 0 Å². The Bertz CT molecular complexity index is 179. The van der Waals surface area contributed by atoms with Gasteiger partial charge in [-0.25, -0.2) is 0 Å². The summed E-state index contributed by atoms with van der Waals surface area (Å²) in [7, 11) is 0.609. The topological polar surface area (TPSA) is 9.23 Å². The lowest BCUT2D eigenvalue weighted by molar-refractivity contribution is 0.346. The van der Waals surface area contributed by atoms with Gasteiger partial charge in [0.25, 0.3) is 0 Å². The summed E-state index contributed by atoms with van der Waals surface area (Å²) < 4.78 is 6.22. The Kier molecular flexibility index (Phi) is 7.45. The minimum atomic E-state index is -1.41. The van der Waals surface area contributed by atoms with Gasteiger partial charge in [-0.1, -0.05) is 71.6 Å². The van der Waals surface area contributed by atoms with E-state index in [0.29, 0.717) is 0 Å². The van der Waals surface area contributed by atoms with Crippen LogP contribution in [-0.4, -0.2) is 15.4 Å². The van der Waals surface area contributed by atoms with E-state index < -0.39 is 8.32 Å². The number of unbranched alkanes of at least 4 members (excludes halogenated alkanes) is 2. The third-order valence-electron chi connectivity index (χ3n) is 4.66. The highest BCUT2D eigenvalue weighted by Crippen LogP contribution is 2.43. The molecule has 1 fully saturated rings. The van der Waals surface area contributed by atoms with Crippen LogP contribution in [0.5, 0.6) is 0 Å². The zero-order valence-electron chi connectivity index (χ0n) is 12.3. The first-order valence-corrected chi connectivity index (χ1v) is 10.2. The van der Waals surface area contributed by atoms with Crippen LogP contribution in [0.2, 0.25) is 17.6 Å². The average Bonchev–Trinajstić information content (AvgIpc) is 2.41. The van der Waals surface area contributed by atoms with Gasteiger partial charge in [-0.3, -0.25) is 0 Å². The Hall–Kier alpha value is 0.177. The highest BCUT2D eigenvalue weighted by Gasteiger charge is 2.41. The molecule has 1 aliphatic carbocycles. The van der Waals surface area contributed by atoms with Crippen molar-refractivity contribution in [3.63, 3.8) is 0 Å². The molecule has 102 valence electrons. The van der Waals surface area contributed by atoms with Crippen LogP contribution in [-0.2, 0) is 4.43 Å². The molecule has 0 radical (unpaired) electrons. The fourth-order valence-corrected chi connectivity index (χ4v) is 8.66. The lowest BCUT2D eigenvalue weighted by Gasteiger charge is -2.39. The molecular formula is C15H32OSi. The summed E-state index contributed by atoms with van der Waals surface area (Å²) in [6.45, 7) is 4.63. The molecule has 0 atom stereocenters. The van der Waals surface area contributed by atoms with Crippen LogP contribution in [0.1, 0.15) is 71.6 Å².